The second-order valence-corrected chi connectivity index (χ2v) is 6.38. The topological polar surface area (TPSA) is 55.6 Å². The molecule has 3 rings (SSSR count). The first kappa shape index (κ1) is 14.5. The number of carbonyl (C=O) groups is 1. The molecule has 2 N–H and O–H groups in total. The van der Waals surface area contributed by atoms with Gasteiger partial charge in [0.05, 0.1) is 0 Å². The van der Waals surface area contributed by atoms with E-state index in [0.29, 0.717) is 18.5 Å². The molecular formula is C17H24N2O2. The van der Waals surface area contributed by atoms with E-state index in [1.807, 2.05) is 30.3 Å². The van der Waals surface area contributed by atoms with Crippen molar-refractivity contribution in [1.29, 1.82) is 0 Å². The first-order valence-corrected chi connectivity index (χ1v) is 7.85. The normalized spacial score (nSPS) is 30.1. The Morgan fingerprint density at radius 2 is 1.90 bits per heavy atom. The standard InChI is InChI=1S/C17H24N2O2/c1-19-13-7-8-14(19)11-15(10-13)21-17(20)16(18)9-12-5-3-2-4-6-12/h2-6,13-16H,7-11,18H2,1H3/t13-,14+,15?,16-/m1/s1. The van der Waals surface area contributed by atoms with Crippen molar-refractivity contribution in [3.63, 3.8) is 0 Å². The number of nitrogens with two attached hydrogens (primary N) is 1. The van der Waals surface area contributed by atoms with Crippen LogP contribution < -0.4 is 5.73 Å². The summed E-state index contributed by atoms with van der Waals surface area (Å²) in [4.78, 5) is 14.6. The van der Waals surface area contributed by atoms with Gasteiger partial charge in [-0.05, 0) is 44.7 Å². The first-order chi connectivity index (χ1) is 10.1. The van der Waals surface area contributed by atoms with E-state index in [4.69, 9.17) is 10.5 Å². The van der Waals surface area contributed by atoms with Gasteiger partial charge in [-0.25, -0.2) is 0 Å². The third kappa shape index (κ3) is 3.27. The van der Waals surface area contributed by atoms with E-state index in [1.54, 1.807) is 0 Å². The molecule has 2 aliphatic heterocycles. The van der Waals surface area contributed by atoms with Crippen molar-refractivity contribution >= 4 is 5.97 Å². The highest BCUT2D eigenvalue weighted by atomic mass is 16.5. The smallest absolute Gasteiger partial charge is 0.323 e. The average molecular weight is 288 g/mol. The van der Waals surface area contributed by atoms with Gasteiger partial charge in [-0.15, -0.1) is 0 Å². The molecule has 4 nitrogen and oxygen atoms in total. The molecule has 0 amide bonds. The Morgan fingerprint density at radius 3 is 2.52 bits per heavy atom. The second-order valence-electron chi connectivity index (χ2n) is 6.38. The van der Waals surface area contributed by atoms with E-state index in [2.05, 4.69) is 11.9 Å². The summed E-state index contributed by atoms with van der Waals surface area (Å²) in [6.45, 7) is 0. The van der Waals surface area contributed by atoms with Gasteiger partial charge >= 0.3 is 5.97 Å². The largest absolute Gasteiger partial charge is 0.461 e. The molecule has 2 bridgehead atoms. The number of esters is 1. The summed E-state index contributed by atoms with van der Waals surface area (Å²) in [7, 11) is 2.18. The van der Waals surface area contributed by atoms with Crippen LogP contribution in [0.3, 0.4) is 0 Å². The van der Waals surface area contributed by atoms with E-state index >= 15 is 0 Å². The van der Waals surface area contributed by atoms with E-state index in [1.165, 1.54) is 12.8 Å². The van der Waals surface area contributed by atoms with E-state index in [-0.39, 0.29) is 12.1 Å². The fourth-order valence-electron chi connectivity index (χ4n) is 3.66. The Labute approximate surface area is 126 Å². The van der Waals surface area contributed by atoms with Crippen LogP contribution in [0.2, 0.25) is 0 Å². The zero-order valence-electron chi connectivity index (χ0n) is 12.6. The molecule has 0 radical (unpaired) electrons. The SMILES string of the molecule is CN1[C@@H]2CC[C@H]1CC(OC(=O)[C@H](N)Cc1ccccc1)C2. The number of rotatable bonds is 4. The Hall–Kier alpha value is -1.39. The molecule has 1 aromatic rings. The lowest BCUT2D eigenvalue weighted by Gasteiger charge is -2.36. The molecule has 0 spiro atoms. The predicted molar refractivity (Wildman–Crippen MR) is 81.8 cm³/mol. The molecule has 114 valence electrons. The fraction of sp³-hybridized carbons (Fsp3) is 0.588. The van der Waals surface area contributed by atoms with E-state index in [9.17, 15) is 4.79 Å². The summed E-state index contributed by atoms with van der Waals surface area (Å²) in [5, 5.41) is 0. The van der Waals surface area contributed by atoms with Gasteiger partial charge in [-0.3, -0.25) is 4.79 Å². The molecule has 2 fully saturated rings. The molecule has 2 saturated heterocycles. The zero-order chi connectivity index (χ0) is 14.8. The van der Waals surface area contributed by atoms with Gasteiger partial charge in [0.1, 0.15) is 12.1 Å². The zero-order valence-corrected chi connectivity index (χ0v) is 12.6. The lowest BCUT2D eigenvalue weighted by Crippen LogP contribution is -2.45. The van der Waals surface area contributed by atoms with Gasteiger partial charge in [0, 0.05) is 12.1 Å². The number of carbonyl (C=O) groups excluding carboxylic acids is 1. The van der Waals surface area contributed by atoms with Crippen molar-refractivity contribution in [3.8, 4) is 0 Å². The maximum absolute atomic E-state index is 12.2. The minimum absolute atomic E-state index is 0.0491. The highest BCUT2D eigenvalue weighted by molar-refractivity contribution is 5.76. The van der Waals surface area contributed by atoms with Crippen LogP contribution >= 0.6 is 0 Å². The number of ether oxygens (including phenoxy) is 1. The van der Waals surface area contributed by atoms with Crippen molar-refractivity contribution in [1.82, 2.24) is 4.90 Å². The van der Waals surface area contributed by atoms with Crippen LogP contribution in [0.15, 0.2) is 30.3 Å². The van der Waals surface area contributed by atoms with Crippen LogP contribution in [0, 0.1) is 0 Å². The van der Waals surface area contributed by atoms with Crippen molar-refractivity contribution in [2.45, 2.75) is 56.3 Å². The quantitative estimate of drug-likeness (QED) is 0.857. The highest BCUT2D eigenvalue weighted by Crippen LogP contribution is 2.35. The molecule has 1 aromatic carbocycles. The average Bonchev–Trinajstić information content (AvgIpc) is 2.71. The molecule has 2 aliphatic rings. The third-order valence-electron chi connectivity index (χ3n) is 4.94. The summed E-state index contributed by atoms with van der Waals surface area (Å²) in [5.41, 5.74) is 7.07. The monoisotopic (exact) mass is 288 g/mol. The molecule has 4 atom stereocenters. The van der Waals surface area contributed by atoms with Gasteiger partial charge in [-0.2, -0.15) is 0 Å². The number of hydrogen-bond donors (Lipinski definition) is 1. The molecule has 0 aliphatic carbocycles. The summed E-state index contributed by atoms with van der Waals surface area (Å²) in [5.74, 6) is -0.257. The Balaban J connectivity index is 1.52. The molecule has 1 unspecified atom stereocenters. The maximum atomic E-state index is 12.2. The van der Waals surface area contributed by atoms with Crippen molar-refractivity contribution in [3.05, 3.63) is 35.9 Å². The highest BCUT2D eigenvalue weighted by Gasteiger charge is 2.40. The van der Waals surface area contributed by atoms with E-state index in [0.717, 1.165) is 18.4 Å². The fourth-order valence-corrected chi connectivity index (χ4v) is 3.66. The number of fused-ring (bicyclic) bond motifs is 2. The summed E-state index contributed by atoms with van der Waals surface area (Å²) in [6.07, 6.45) is 4.96. The van der Waals surface area contributed by atoms with Crippen molar-refractivity contribution in [2.24, 2.45) is 5.73 Å². The number of benzene rings is 1. The minimum atomic E-state index is -0.565. The van der Waals surface area contributed by atoms with Crippen LogP contribution in [0.1, 0.15) is 31.2 Å². The van der Waals surface area contributed by atoms with E-state index < -0.39 is 6.04 Å². The Kier molecular flexibility index (Phi) is 4.27. The summed E-state index contributed by atoms with van der Waals surface area (Å²) < 4.78 is 5.66. The van der Waals surface area contributed by atoms with Gasteiger partial charge < -0.3 is 15.4 Å². The molecule has 0 aromatic heterocycles. The minimum Gasteiger partial charge on any atom is -0.461 e. The van der Waals surface area contributed by atoms with Crippen LogP contribution in [0.5, 0.6) is 0 Å². The Bertz CT molecular complexity index is 477. The first-order valence-electron chi connectivity index (χ1n) is 7.85. The summed E-state index contributed by atoms with van der Waals surface area (Å²) >= 11 is 0. The summed E-state index contributed by atoms with van der Waals surface area (Å²) in [6, 6.07) is 10.4. The number of piperidine rings is 1. The van der Waals surface area contributed by atoms with Crippen LogP contribution in [-0.2, 0) is 16.0 Å². The van der Waals surface area contributed by atoms with Crippen LogP contribution in [0.25, 0.3) is 0 Å². The lowest BCUT2D eigenvalue weighted by molar-refractivity contribution is -0.153. The molecule has 0 saturated carbocycles. The predicted octanol–water partition coefficient (Wildman–Crippen LogP) is 1.72. The van der Waals surface area contributed by atoms with Crippen molar-refractivity contribution < 1.29 is 9.53 Å². The van der Waals surface area contributed by atoms with Gasteiger partial charge in [0.15, 0.2) is 0 Å². The maximum Gasteiger partial charge on any atom is 0.323 e. The Morgan fingerprint density at radius 1 is 1.29 bits per heavy atom. The van der Waals surface area contributed by atoms with Crippen LogP contribution in [-0.4, -0.2) is 42.1 Å². The molecule has 21 heavy (non-hydrogen) atoms. The molecular weight excluding hydrogens is 264 g/mol. The molecule has 4 heteroatoms. The van der Waals surface area contributed by atoms with Gasteiger partial charge in [0.2, 0.25) is 0 Å². The number of nitrogens with zero attached hydrogens (tertiary/aromatic N) is 1. The third-order valence-corrected chi connectivity index (χ3v) is 4.94. The van der Waals surface area contributed by atoms with Crippen molar-refractivity contribution in [2.75, 3.05) is 7.05 Å². The van der Waals surface area contributed by atoms with Gasteiger partial charge in [0.25, 0.3) is 0 Å². The second kappa shape index (κ2) is 6.16. The van der Waals surface area contributed by atoms with Gasteiger partial charge in [-0.1, -0.05) is 30.3 Å². The molecule has 2 heterocycles. The van der Waals surface area contributed by atoms with Crippen LogP contribution in [0.4, 0.5) is 0 Å². The lowest BCUT2D eigenvalue weighted by atomic mass is 10.0. The number of hydrogen-bond acceptors (Lipinski definition) is 4.